The maximum Gasteiger partial charge on any atom is 0.256 e. The number of amides is 1. The number of benzene rings is 1. The van der Waals surface area contributed by atoms with Crippen LogP contribution in [0.4, 0.5) is 8.78 Å². The fourth-order valence-electron chi connectivity index (χ4n) is 3.08. The minimum Gasteiger partial charge on any atom is -0.379 e. The molecule has 1 aliphatic rings. The molecule has 0 saturated carbocycles. The van der Waals surface area contributed by atoms with Crippen LogP contribution in [-0.4, -0.2) is 55.9 Å². The van der Waals surface area contributed by atoms with Gasteiger partial charge in [0.1, 0.15) is 12.7 Å². The summed E-state index contributed by atoms with van der Waals surface area (Å²) in [4.78, 5) is 14.2. The standard InChI is InChI=1S/C17H21F2N5O2/c18-14-3-2-13(8-15(14)19)9-24-6-1-4-17(26,16(24)25)10-20-5-7-23-11-21-22-12-23/h2-3,8,11-12,20,26H,1,4-7,9-10H2. The normalized spacial score (nSPS) is 20.6. The van der Waals surface area contributed by atoms with Gasteiger partial charge in [0.25, 0.3) is 5.91 Å². The lowest BCUT2D eigenvalue weighted by atomic mass is 9.91. The molecule has 1 aliphatic heterocycles. The summed E-state index contributed by atoms with van der Waals surface area (Å²) >= 11 is 0. The van der Waals surface area contributed by atoms with E-state index in [0.29, 0.717) is 38.0 Å². The van der Waals surface area contributed by atoms with Crippen LogP contribution in [0.15, 0.2) is 30.9 Å². The van der Waals surface area contributed by atoms with Gasteiger partial charge in [0.05, 0.1) is 0 Å². The zero-order valence-corrected chi connectivity index (χ0v) is 14.2. The third-order valence-corrected chi connectivity index (χ3v) is 4.49. The second-order valence-corrected chi connectivity index (χ2v) is 6.49. The molecule has 2 aromatic rings. The Kier molecular flexibility index (Phi) is 5.58. The molecule has 26 heavy (non-hydrogen) atoms. The third-order valence-electron chi connectivity index (χ3n) is 4.49. The number of aliphatic hydroxyl groups is 1. The number of carbonyl (C=O) groups excluding carboxylic acids is 1. The Morgan fingerprint density at radius 1 is 1.23 bits per heavy atom. The molecule has 7 nitrogen and oxygen atoms in total. The van der Waals surface area contributed by atoms with Crippen LogP contribution in [0, 0.1) is 11.6 Å². The van der Waals surface area contributed by atoms with E-state index in [0.717, 1.165) is 12.1 Å². The van der Waals surface area contributed by atoms with Crippen LogP contribution in [-0.2, 0) is 17.9 Å². The fourth-order valence-corrected chi connectivity index (χ4v) is 3.08. The smallest absolute Gasteiger partial charge is 0.256 e. The molecule has 1 aromatic heterocycles. The van der Waals surface area contributed by atoms with Crippen molar-refractivity contribution in [2.75, 3.05) is 19.6 Å². The first-order chi connectivity index (χ1) is 12.5. The van der Waals surface area contributed by atoms with Gasteiger partial charge in [-0.05, 0) is 30.5 Å². The van der Waals surface area contributed by atoms with Crippen molar-refractivity contribution in [3.8, 4) is 0 Å². The maximum absolute atomic E-state index is 13.4. The average molecular weight is 365 g/mol. The first kappa shape index (κ1) is 18.4. The molecule has 1 amide bonds. The molecule has 0 radical (unpaired) electrons. The van der Waals surface area contributed by atoms with Gasteiger partial charge in [0.15, 0.2) is 17.2 Å². The third kappa shape index (κ3) is 4.23. The predicted octanol–water partition coefficient (Wildman–Crippen LogP) is 0.700. The number of aromatic nitrogens is 3. The molecule has 0 aliphatic carbocycles. The second-order valence-electron chi connectivity index (χ2n) is 6.49. The van der Waals surface area contributed by atoms with Gasteiger partial charge in [-0.3, -0.25) is 4.79 Å². The summed E-state index contributed by atoms with van der Waals surface area (Å²) in [5.41, 5.74) is -1.01. The lowest BCUT2D eigenvalue weighted by molar-refractivity contribution is -0.157. The average Bonchev–Trinajstić information content (AvgIpc) is 3.13. The molecule has 1 atom stereocenters. The number of carbonyl (C=O) groups is 1. The number of halogens is 2. The summed E-state index contributed by atoms with van der Waals surface area (Å²) in [5.74, 6) is -2.27. The SMILES string of the molecule is O=C1N(Cc2ccc(F)c(F)c2)CCCC1(O)CNCCn1cnnc1. The molecule has 0 spiro atoms. The molecular formula is C17H21F2N5O2. The molecule has 140 valence electrons. The largest absolute Gasteiger partial charge is 0.379 e. The molecule has 1 fully saturated rings. The summed E-state index contributed by atoms with van der Waals surface area (Å²) in [6.07, 6.45) is 4.18. The summed E-state index contributed by atoms with van der Waals surface area (Å²) < 4.78 is 28.2. The quantitative estimate of drug-likeness (QED) is 0.706. The van der Waals surface area contributed by atoms with E-state index in [-0.39, 0.29) is 13.1 Å². The van der Waals surface area contributed by atoms with E-state index in [1.165, 1.54) is 11.0 Å². The van der Waals surface area contributed by atoms with Gasteiger partial charge in [0.2, 0.25) is 0 Å². The Morgan fingerprint density at radius 2 is 2.00 bits per heavy atom. The second kappa shape index (κ2) is 7.88. The summed E-state index contributed by atoms with van der Waals surface area (Å²) in [6.45, 7) is 1.91. The van der Waals surface area contributed by atoms with Crippen molar-refractivity contribution in [2.24, 2.45) is 0 Å². The van der Waals surface area contributed by atoms with E-state index in [9.17, 15) is 18.7 Å². The van der Waals surface area contributed by atoms with Gasteiger partial charge in [-0.1, -0.05) is 6.07 Å². The maximum atomic E-state index is 13.4. The first-order valence-corrected chi connectivity index (χ1v) is 8.47. The highest BCUT2D eigenvalue weighted by Gasteiger charge is 2.41. The Labute approximate surface area is 149 Å². The number of hydrogen-bond acceptors (Lipinski definition) is 5. The van der Waals surface area contributed by atoms with Crippen LogP contribution in [0.1, 0.15) is 18.4 Å². The monoisotopic (exact) mass is 365 g/mol. The van der Waals surface area contributed by atoms with Crippen molar-refractivity contribution >= 4 is 5.91 Å². The zero-order chi connectivity index (χ0) is 18.6. The molecule has 1 saturated heterocycles. The van der Waals surface area contributed by atoms with E-state index in [4.69, 9.17) is 0 Å². The van der Waals surface area contributed by atoms with E-state index < -0.39 is 23.1 Å². The number of nitrogens with one attached hydrogen (secondary N) is 1. The van der Waals surface area contributed by atoms with Crippen LogP contribution >= 0.6 is 0 Å². The Hall–Kier alpha value is -2.39. The Morgan fingerprint density at radius 3 is 2.73 bits per heavy atom. The van der Waals surface area contributed by atoms with E-state index >= 15 is 0 Å². The minimum absolute atomic E-state index is 0.127. The topological polar surface area (TPSA) is 83.3 Å². The molecule has 3 rings (SSSR count). The summed E-state index contributed by atoms with van der Waals surface area (Å²) in [7, 11) is 0. The molecule has 2 N–H and O–H groups in total. The minimum atomic E-state index is -1.50. The number of nitrogens with zero attached hydrogens (tertiary/aromatic N) is 4. The van der Waals surface area contributed by atoms with Crippen molar-refractivity contribution in [2.45, 2.75) is 31.5 Å². The van der Waals surface area contributed by atoms with Crippen molar-refractivity contribution < 1.29 is 18.7 Å². The molecule has 0 bridgehead atoms. The zero-order valence-electron chi connectivity index (χ0n) is 14.2. The van der Waals surface area contributed by atoms with Gasteiger partial charge in [-0.15, -0.1) is 10.2 Å². The highest BCUT2D eigenvalue weighted by Crippen LogP contribution is 2.24. The predicted molar refractivity (Wildman–Crippen MR) is 88.9 cm³/mol. The van der Waals surface area contributed by atoms with Crippen LogP contribution in [0.25, 0.3) is 0 Å². The molecule has 1 unspecified atom stereocenters. The van der Waals surface area contributed by atoms with Gasteiger partial charge in [-0.2, -0.15) is 0 Å². The Bertz CT molecular complexity index is 756. The van der Waals surface area contributed by atoms with Crippen molar-refractivity contribution in [3.05, 3.63) is 48.1 Å². The molecular weight excluding hydrogens is 344 g/mol. The van der Waals surface area contributed by atoms with Gasteiger partial charge < -0.3 is 19.9 Å². The number of rotatable bonds is 7. The Balaban J connectivity index is 1.56. The van der Waals surface area contributed by atoms with Crippen LogP contribution in [0.3, 0.4) is 0 Å². The highest BCUT2D eigenvalue weighted by molar-refractivity contribution is 5.86. The van der Waals surface area contributed by atoms with Gasteiger partial charge in [0, 0.05) is 32.7 Å². The van der Waals surface area contributed by atoms with E-state index in [1.807, 2.05) is 0 Å². The van der Waals surface area contributed by atoms with Crippen LogP contribution in [0.2, 0.25) is 0 Å². The van der Waals surface area contributed by atoms with Crippen LogP contribution < -0.4 is 5.32 Å². The van der Waals surface area contributed by atoms with Crippen molar-refractivity contribution in [1.82, 2.24) is 25.0 Å². The number of likely N-dealkylation sites (tertiary alicyclic amines) is 1. The van der Waals surface area contributed by atoms with Gasteiger partial charge >= 0.3 is 0 Å². The van der Waals surface area contributed by atoms with Gasteiger partial charge in [-0.25, -0.2) is 8.78 Å². The summed E-state index contributed by atoms with van der Waals surface area (Å²) in [5, 5.41) is 21.2. The molecule has 9 heteroatoms. The summed E-state index contributed by atoms with van der Waals surface area (Å²) in [6, 6.07) is 3.56. The van der Waals surface area contributed by atoms with E-state index in [2.05, 4.69) is 15.5 Å². The number of hydrogen-bond donors (Lipinski definition) is 2. The number of piperidine rings is 1. The fraction of sp³-hybridized carbons (Fsp3) is 0.471. The molecule has 1 aromatic carbocycles. The highest BCUT2D eigenvalue weighted by atomic mass is 19.2. The van der Waals surface area contributed by atoms with Crippen molar-refractivity contribution in [3.63, 3.8) is 0 Å². The van der Waals surface area contributed by atoms with E-state index in [1.54, 1.807) is 17.2 Å². The van der Waals surface area contributed by atoms with Crippen molar-refractivity contribution in [1.29, 1.82) is 0 Å². The lowest BCUT2D eigenvalue weighted by Gasteiger charge is -2.38. The first-order valence-electron chi connectivity index (χ1n) is 8.47. The lowest BCUT2D eigenvalue weighted by Crippen LogP contribution is -2.57. The molecule has 2 heterocycles. The van der Waals surface area contributed by atoms with Crippen LogP contribution in [0.5, 0.6) is 0 Å².